The molecule has 2 aliphatic rings. The number of nitrogens with two attached hydrogens (primary N) is 1. The van der Waals surface area contributed by atoms with Crippen LogP contribution in [0.15, 0.2) is 0 Å². The number of nitrogens with zero attached hydrogens (tertiary/aromatic N) is 2. The molecule has 2 saturated heterocycles. The second-order valence-electron chi connectivity index (χ2n) is 4.45. The topological polar surface area (TPSA) is 56.4 Å². The Morgan fingerprint density at radius 3 is 2.64 bits per heavy atom. The molecule has 0 aliphatic carbocycles. The zero-order chi connectivity index (χ0) is 9.97. The number of hydrogen-bond acceptors (Lipinski definition) is 3. The number of hydrogen-bond donors (Lipinski definition) is 2. The molecule has 2 heterocycles. The summed E-state index contributed by atoms with van der Waals surface area (Å²) in [7, 11) is 0. The number of amidine groups is 1. The maximum atomic E-state index is 7.26. The Morgan fingerprint density at radius 2 is 2.00 bits per heavy atom. The van der Waals surface area contributed by atoms with Crippen LogP contribution in [0.25, 0.3) is 0 Å². The predicted molar refractivity (Wildman–Crippen MR) is 57.6 cm³/mol. The molecule has 0 saturated carbocycles. The molecule has 80 valence electrons. The molecule has 1 unspecified atom stereocenters. The van der Waals surface area contributed by atoms with E-state index in [4.69, 9.17) is 11.1 Å². The lowest BCUT2D eigenvalue weighted by atomic mass is 10.2. The fourth-order valence-electron chi connectivity index (χ4n) is 2.60. The molecule has 4 heteroatoms. The van der Waals surface area contributed by atoms with Gasteiger partial charge < -0.3 is 5.73 Å². The highest BCUT2D eigenvalue weighted by Crippen LogP contribution is 2.19. The van der Waals surface area contributed by atoms with Gasteiger partial charge in [0.2, 0.25) is 0 Å². The van der Waals surface area contributed by atoms with E-state index in [0.29, 0.717) is 12.4 Å². The normalized spacial score (nSPS) is 29.9. The molecule has 2 fully saturated rings. The van der Waals surface area contributed by atoms with E-state index in [9.17, 15) is 0 Å². The Bertz CT molecular complexity index is 210. The third-order valence-corrected chi connectivity index (χ3v) is 3.30. The van der Waals surface area contributed by atoms with E-state index in [2.05, 4.69) is 9.80 Å². The van der Waals surface area contributed by atoms with Crippen molar-refractivity contribution >= 4 is 5.84 Å². The summed E-state index contributed by atoms with van der Waals surface area (Å²) in [5.74, 6) is 0.298. The molecule has 2 aliphatic heterocycles. The largest absolute Gasteiger partial charge is 0.387 e. The first-order chi connectivity index (χ1) is 6.75. The lowest BCUT2D eigenvalue weighted by molar-refractivity contribution is 0.239. The van der Waals surface area contributed by atoms with E-state index >= 15 is 0 Å². The minimum absolute atomic E-state index is 0.298. The van der Waals surface area contributed by atoms with Crippen molar-refractivity contribution in [1.82, 2.24) is 9.80 Å². The van der Waals surface area contributed by atoms with Crippen LogP contribution in [0.1, 0.15) is 19.3 Å². The lowest BCUT2D eigenvalue weighted by Crippen LogP contribution is -2.37. The minimum atomic E-state index is 0.298. The van der Waals surface area contributed by atoms with Crippen LogP contribution in [-0.2, 0) is 0 Å². The highest BCUT2D eigenvalue weighted by molar-refractivity contribution is 5.78. The Labute approximate surface area is 85.6 Å². The fourth-order valence-corrected chi connectivity index (χ4v) is 2.60. The summed E-state index contributed by atoms with van der Waals surface area (Å²) in [5.41, 5.74) is 5.40. The lowest BCUT2D eigenvalue weighted by Gasteiger charge is -2.23. The van der Waals surface area contributed by atoms with E-state index in [1.165, 1.54) is 32.4 Å². The molecule has 14 heavy (non-hydrogen) atoms. The van der Waals surface area contributed by atoms with E-state index < -0.39 is 0 Å². The second-order valence-corrected chi connectivity index (χ2v) is 4.45. The van der Waals surface area contributed by atoms with Crippen LogP contribution in [-0.4, -0.2) is 54.4 Å². The average molecular weight is 196 g/mol. The summed E-state index contributed by atoms with van der Waals surface area (Å²) in [6.07, 6.45) is 3.99. The van der Waals surface area contributed by atoms with Crippen molar-refractivity contribution < 1.29 is 0 Å². The first-order valence-corrected chi connectivity index (χ1v) is 5.55. The summed E-state index contributed by atoms with van der Waals surface area (Å²) in [5, 5.41) is 7.26. The van der Waals surface area contributed by atoms with E-state index in [-0.39, 0.29) is 0 Å². The zero-order valence-electron chi connectivity index (χ0n) is 8.71. The number of rotatable bonds is 3. The van der Waals surface area contributed by atoms with Crippen molar-refractivity contribution in [1.29, 1.82) is 5.41 Å². The van der Waals surface area contributed by atoms with Crippen molar-refractivity contribution in [2.45, 2.75) is 25.3 Å². The van der Waals surface area contributed by atoms with Gasteiger partial charge in [-0.3, -0.25) is 15.2 Å². The average Bonchev–Trinajstić information content (AvgIpc) is 2.69. The molecule has 0 aromatic carbocycles. The highest BCUT2D eigenvalue weighted by atomic mass is 15.3. The van der Waals surface area contributed by atoms with Gasteiger partial charge in [-0.2, -0.15) is 0 Å². The van der Waals surface area contributed by atoms with E-state index in [1.807, 2.05) is 0 Å². The number of nitrogens with one attached hydrogen (secondary N) is 1. The van der Waals surface area contributed by atoms with E-state index in [0.717, 1.165) is 19.1 Å². The monoisotopic (exact) mass is 196 g/mol. The van der Waals surface area contributed by atoms with Crippen LogP contribution in [0.2, 0.25) is 0 Å². The Balaban J connectivity index is 1.78. The third kappa shape index (κ3) is 2.25. The van der Waals surface area contributed by atoms with Gasteiger partial charge in [-0.25, -0.2) is 0 Å². The van der Waals surface area contributed by atoms with Gasteiger partial charge in [0, 0.05) is 19.1 Å². The molecule has 3 N–H and O–H groups in total. The van der Waals surface area contributed by atoms with Gasteiger partial charge in [-0.1, -0.05) is 0 Å². The van der Waals surface area contributed by atoms with Crippen molar-refractivity contribution in [3.63, 3.8) is 0 Å². The van der Waals surface area contributed by atoms with Crippen molar-refractivity contribution in [3.05, 3.63) is 0 Å². The molecular weight excluding hydrogens is 176 g/mol. The van der Waals surface area contributed by atoms with Crippen LogP contribution < -0.4 is 5.73 Å². The van der Waals surface area contributed by atoms with Gasteiger partial charge in [0.25, 0.3) is 0 Å². The molecule has 1 atom stereocenters. The summed E-state index contributed by atoms with van der Waals surface area (Å²) in [4.78, 5) is 4.89. The predicted octanol–water partition coefficient (Wildman–Crippen LogP) is 0.0925. The molecule has 0 aromatic rings. The van der Waals surface area contributed by atoms with Crippen molar-refractivity contribution in [3.8, 4) is 0 Å². The van der Waals surface area contributed by atoms with Crippen LogP contribution in [0.3, 0.4) is 0 Å². The van der Waals surface area contributed by atoms with Crippen LogP contribution in [0.5, 0.6) is 0 Å². The maximum Gasteiger partial charge on any atom is 0.105 e. The SMILES string of the molecule is N=C(N)CN1CCC(N2CCCC2)C1. The first-order valence-electron chi connectivity index (χ1n) is 5.55. The first kappa shape index (κ1) is 9.93. The standard InChI is InChI=1S/C10H20N4/c11-10(12)8-13-6-3-9(7-13)14-4-1-2-5-14/h9H,1-8H2,(H3,11,12). The Kier molecular flexibility index (Phi) is 3.03. The summed E-state index contributed by atoms with van der Waals surface area (Å²) in [6.45, 7) is 5.43. The molecule has 0 aromatic heterocycles. The maximum absolute atomic E-state index is 7.26. The fraction of sp³-hybridized carbons (Fsp3) is 0.900. The zero-order valence-corrected chi connectivity index (χ0v) is 8.71. The summed E-state index contributed by atoms with van der Waals surface area (Å²) in [6, 6.07) is 0.733. The van der Waals surface area contributed by atoms with Crippen LogP contribution in [0, 0.1) is 5.41 Å². The molecule has 0 bridgehead atoms. The van der Waals surface area contributed by atoms with Gasteiger partial charge >= 0.3 is 0 Å². The molecule has 0 spiro atoms. The second kappa shape index (κ2) is 4.28. The summed E-state index contributed by atoms with van der Waals surface area (Å²) >= 11 is 0. The van der Waals surface area contributed by atoms with E-state index in [1.54, 1.807) is 0 Å². The van der Waals surface area contributed by atoms with Crippen LogP contribution >= 0.6 is 0 Å². The molecule has 0 amide bonds. The van der Waals surface area contributed by atoms with Crippen LogP contribution in [0.4, 0.5) is 0 Å². The van der Waals surface area contributed by atoms with Gasteiger partial charge in [0.15, 0.2) is 0 Å². The third-order valence-electron chi connectivity index (χ3n) is 3.30. The van der Waals surface area contributed by atoms with Gasteiger partial charge in [0.05, 0.1) is 6.54 Å². The Hall–Kier alpha value is -0.610. The van der Waals surface area contributed by atoms with Gasteiger partial charge in [0.1, 0.15) is 5.84 Å². The van der Waals surface area contributed by atoms with Crippen molar-refractivity contribution in [2.75, 3.05) is 32.7 Å². The smallest absolute Gasteiger partial charge is 0.105 e. The molecule has 4 nitrogen and oxygen atoms in total. The number of likely N-dealkylation sites (tertiary alicyclic amines) is 2. The molecule has 2 rings (SSSR count). The highest BCUT2D eigenvalue weighted by Gasteiger charge is 2.28. The Morgan fingerprint density at radius 1 is 1.29 bits per heavy atom. The summed E-state index contributed by atoms with van der Waals surface area (Å²) < 4.78 is 0. The van der Waals surface area contributed by atoms with Crippen molar-refractivity contribution in [2.24, 2.45) is 5.73 Å². The quantitative estimate of drug-likeness (QED) is 0.497. The molecule has 0 radical (unpaired) electrons. The minimum Gasteiger partial charge on any atom is -0.387 e. The van der Waals surface area contributed by atoms with Gasteiger partial charge in [-0.05, 0) is 32.4 Å². The van der Waals surface area contributed by atoms with Gasteiger partial charge in [-0.15, -0.1) is 0 Å². The molecular formula is C10H20N4.